The minimum absolute atomic E-state index is 0.0760. The highest BCUT2D eigenvalue weighted by Crippen LogP contribution is 2.26. The molecule has 18 heavy (non-hydrogen) atoms. The first-order valence-electron chi connectivity index (χ1n) is 7.35. The first-order valence-corrected chi connectivity index (χ1v) is 7.35. The maximum Gasteiger partial charge on any atom is 0.222 e. The molecule has 0 aromatic rings. The van der Waals surface area contributed by atoms with Gasteiger partial charge in [-0.1, -0.05) is 26.2 Å². The molecule has 4 nitrogen and oxygen atoms in total. The van der Waals surface area contributed by atoms with Gasteiger partial charge in [-0.05, 0) is 25.2 Å². The summed E-state index contributed by atoms with van der Waals surface area (Å²) in [5, 5.41) is 3.07. The number of carbonyl (C=O) groups is 1. The van der Waals surface area contributed by atoms with Crippen LogP contribution in [0.3, 0.4) is 0 Å². The van der Waals surface area contributed by atoms with Gasteiger partial charge in [-0.2, -0.15) is 0 Å². The van der Waals surface area contributed by atoms with Gasteiger partial charge in [0, 0.05) is 25.6 Å². The molecule has 3 N–H and O–H groups in total. The number of nitrogens with one attached hydrogen (secondary N) is 1. The first-order chi connectivity index (χ1) is 8.77. The van der Waals surface area contributed by atoms with Crippen LogP contribution in [0.2, 0.25) is 0 Å². The van der Waals surface area contributed by atoms with Crippen LogP contribution in [0.15, 0.2) is 0 Å². The Morgan fingerprint density at radius 3 is 2.67 bits per heavy atom. The molecular weight excluding hydrogens is 228 g/mol. The summed E-state index contributed by atoms with van der Waals surface area (Å²) >= 11 is 0. The van der Waals surface area contributed by atoms with Gasteiger partial charge in [-0.15, -0.1) is 0 Å². The van der Waals surface area contributed by atoms with E-state index in [0.717, 1.165) is 13.0 Å². The van der Waals surface area contributed by atoms with E-state index in [4.69, 9.17) is 10.5 Å². The largest absolute Gasteiger partial charge is 0.381 e. The molecule has 1 amide bonds. The van der Waals surface area contributed by atoms with Crippen LogP contribution in [0.25, 0.3) is 0 Å². The van der Waals surface area contributed by atoms with Crippen LogP contribution in [0, 0.1) is 5.92 Å². The van der Waals surface area contributed by atoms with Gasteiger partial charge in [-0.25, -0.2) is 0 Å². The van der Waals surface area contributed by atoms with Crippen molar-refractivity contribution in [2.45, 2.75) is 57.9 Å². The van der Waals surface area contributed by atoms with Crippen molar-refractivity contribution in [2.24, 2.45) is 11.7 Å². The highest BCUT2D eigenvalue weighted by Gasteiger charge is 2.23. The fraction of sp³-hybridized carbons (Fsp3) is 0.929. The van der Waals surface area contributed by atoms with Crippen molar-refractivity contribution in [3.63, 3.8) is 0 Å². The quantitative estimate of drug-likeness (QED) is 0.651. The maximum absolute atomic E-state index is 11.8. The van der Waals surface area contributed by atoms with Gasteiger partial charge in [0.25, 0.3) is 0 Å². The Balaban J connectivity index is 2.22. The Hall–Kier alpha value is -0.610. The molecule has 0 aromatic carbocycles. The van der Waals surface area contributed by atoms with Gasteiger partial charge in [-0.3, -0.25) is 4.79 Å². The van der Waals surface area contributed by atoms with Gasteiger partial charge >= 0.3 is 0 Å². The number of ether oxygens (including phenoxy) is 1. The third kappa shape index (κ3) is 5.83. The highest BCUT2D eigenvalue weighted by atomic mass is 16.5. The van der Waals surface area contributed by atoms with Crippen molar-refractivity contribution < 1.29 is 9.53 Å². The Kier molecular flexibility index (Phi) is 8.01. The fourth-order valence-corrected chi connectivity index (χ4v) is 2.60. The summed E-state index contributed by atoms with van der Waals surface area (Å²) in [6, 6.07) is 0.156. The van der Waals surface area contributed by atoms with Gasteiger partial charge < -0.3 is 15.8 Å². The molecule has 0 aromatic heterocycles. The zero-order valence-corrected chi connectivity index (χ0v) is 11.6. The van der Waals surface area contributed by atoms with Crippen molar-refractivity contribution in [1.82, 2.24) is 5.32 Å². The average molecular weight is 256 g/mol. The van der Waals surface area contributed by atoms with Crippen molar-refractivity contribution in [3.8, 4) is 0 Å². The summed E-state index contributed by atoms with van der Waals surface area (Å²) in [5.41, 5.74) is 5.78. The molecule has 0 heterocycles. The van der Waals surface area contributed by atoms with E-state index in [0.29, 0.717) is 25.5 Å². The topological polar surface area (TPSA) is 64.3 Å². The van der Waals surface area contributed by atoms with E-state index >= 15 is 0 Å². The summed E-state index contributed by atoms with van der Waals surface area (Å²) in [7, 11) is 0. The highest BCUT2D eigenvalue weighted by molar-refractivity contribution is 5.76. The molecule has 0 aliphatic heterocycles. The van der Waals surface area contributed by atoms with Crippen LogP contribution < -0.4 is 11.1 Å². The number of hydrogen-bond donors (Lipinski definition) is 2. The van der Waals surface area contributed by atoms with Crippen molar-refractivity contribution in [2.75, 3.05) is 19.8 Å². The molecule has 1 aliphatic carbocycles. The lowest BCUT2D eigenvalue weighted by atomic mass is 9.84. The standard InChI is InChI=1S/C14H28N2O2/c1-2-9-18-10-8-14(17)16-13(11-15)12-6-4-3-5-7-12/h12-13H,2-11,15H2,1H3,(H,16,17). The van der Waals surface area contributed by atoms with E-state index < -0.39 is 0 Å². The van der Waals surface area contributed by atoms with E-state index in [1.807, 2.05) is 0 Å². The summed E-state index contributed by atoms with van der Waals surface area (Å²) in [5.74, 6) is 0.649. The molecule has 1 aliphatic rings. The van der Waals surface area contributed by atoms with E-state index in [2.05, 4.69) is 12.2 Å². The Bertz CT molecular complexity index is 228. The molecule has 0 spiro atoms. The van der Waals surface area contributed by atoms with Crippen molar-refractivity contribution >= 4 is 5.91 Å². The molecular formula is C14H28N2O2. The number of hydrogen-bond acceptors (Lipinski definition) is 3. The molecule has 1 rings (SSSR count). The zero-order valence-electron chi connectivity index (χ0n) is 11.6. The number of carbonyl (C=O) groups excluding carboxylic acids is 1. The smallest absolute Gasteiger partial charge is 0.222 e. The minimum Gasteiger partial charge on any atom is -0.381 e. The lowest BCUT2D eigenvalue weighted by Gasteiger charge is -2.30. The number of amides is 1. The second-order valence-corrected chi connectivity index (χ2v) is 5.17. The Morgan fingerprint density at radius 2 is 2.06 bits per heavy atom. The molecule has 1 saturated carbocycles. The summed E-state index contributed by atoms with van der Waals surface area (Å²) in [6.45, 7) is 3.86. The molecule has 1 fully saturated rings. The maximum atomic E-state index is 11.8. The second-order valence-electron chi connectivity index (χ2n) is 5.17. The molecule has 0 saturated heterocycles. The van der Waals surface area contributed by atoms with Crippen LogP contribution in [0.1, 0.15) is 51.9 Å². The SMILES string of the molecule is CCCOCCC(=O)NC(CN)C1CCCCC1. The lowest BCUT2D eigenvalue weighted by Crippen LogP contribution is -2.46. The lowest BCUT2D eigenvalue weighted by molar-refractivity contribution is -0.123. The average Bonchev–Trinajstić information content (AvgIpc) is 2.42. The van der Waals surface area contributed by atoms with Crippen molar-refractivity contribution in [3.05, 3.63) is 0 Å². The Morgan fingerprint density at radius 1 is 1.33 bits per heavy atom. The molecule has 1 atom stereocenters. The number of nitrogens with two attached hydrogens (primary N) is 1. The van der Waals surface area contributed by atoms with Gasteiger partial charge in [0.2, 0.25) is 5.91 Å². The van der Waals surface area contributed by atoms with Gasteiger partial charge in [0.1, 0.15) is 0 Å². The molecule has 106 valence electrons. The summed E-state index contributed by atoms with van der Waals surface area (Å²) in [4.78, 5) is 11.8. The van der Waals surface area contributed by atoms with Crippen LogP contribution in [-0.2, 0) is 9.53 Å². The van der Waals surface area contributed by atoms with Crippen LogP contribution >= 0.6 is 0 Å². The summed E-state index contributed by atoms with van der Waals surface area (Å²) in [6.07, 6.45) is 7.72. The Labute approximate surface area is 111 Å². The zero-order chi connectivity index (χ0) is 13.2. The fourth-order valence-electron chi connectivity index (χ4n) is 2.60. The van der Waals surface area contributed by atoms with Crippen LogP contribution in [0.4, 0.5) is 0 Å². The molecule has 0 radical (unpaired) electrons. The summed E-state index contributed by atoms with van der Waals surface area (Å²) < 4.78 is 5.32. The predicted octanol–water partition coefficient (Wildman–Crippen LogP) is 1.83. The minimum atomic E-state index is 0.0760. The van der Waals surface area contributed by atoms with Crippen LogP contribution in [0.5, 0.6) is 0 Å². The monoisotopic (exact) mass is 256 g/mol. The van der Waals surface area contributed by atoms with E-state index in [-0.39, 0.29) is 11.9 Å². The van der Waals surface area contributed by atoms with E-state index in [1.54, 1.807) is 0 Å². The number of rotatable bonds is 8. The molecule has 1 unspecified atom stereocenters. The van der Waals surface area contributed by atoms with Crippen LogP contribution in [-0.4, -0.2) is 31.7 Å². The predicted molar refractivity (Wildman–Crippen MR) is 73.3 cm³/mol. The van der Waals surface area contributed by atoms with E-state index in [9.17, 15) is 4.79 Å². The third-order valence-electron chi connectivity index (χ3n) is 3.64. The van der Waals surface area contributed by atoms with Gasteiger partial charge in [0.15, 0.2) is 0 Å². The molecule has 4 heteroatoms. The second kappa shape index (κ2) is 9.34. The normalized spacial score (nSPS) is 18.6. The van der Waals surface area contributed by atoms with E-state index in [1.165, 1.54) is 32.1 Å². The first kappa shape index (κ1) is 15.4. The van der Waals surface area contributed by atoms with Gasteiger partial charge in [0.05, 0.1) is 6.61 Å². The molecule has 0 bridgehead atoms. The third-order valence-corrected chi connectivity index (χ3v) is 3.64. The van der Waals surface area contributed by atoms with Crippen molar-refractivity contribution in [1.29, 1.82) is 0 Å².